The van der Waals surface area contributed by atoms with Crippen molar-refractivity contribution in [3.05, 3.63) is 17.1 Å². The molecule has 1 aromatic heterocycles. The second kappa shape index (κ2) is 14.9. The minimum absolute atomic E-state index is 0.0308. The van der Waals surface area contributed by atoms with E-state index in [4.69, 9.17) is 19.0 Å². The first-order valence-electron chi connectivity index (χ1n) is 13.9. The van der Waals surface area contributed by atoms with Crippen molar-refractivity contribution in [2.45, 2.75) is 77.5 Å². The highest BCUT2D eigenvalue weighted by atomic mass is 32.2. The molecule has 2 aliphatic heterocycles. The number of anilines is 1. The summed E-state index contributed by atoms with van der Waals surface area (Å²) in [6, 6.07) is -1.22. The van der Waals surface area contributed by atoms with Crippen LogP contribution in [0.4, 0.5) is 9.93 Å². The fourth-order valence-electron chi connectivity index (χ4n) is 3.89. The Hall–Kier alpha value is -4.59. The van der Waals surface area contributed by atoms with E-state index in [0.29, 0.717) is 11.5 Å². The molecule has 3 rings (SSSR count). The molecule has 3 heterocycles. The molecule has 1 saturated heterocycles. The number of nitrogens with one attached hydrogen (secondary N) is 2. The van der Waals surface area contributed by atoms with Crippen LogP contribution in [0.2, 0.25) is 0 Å². The third-order valence-corrected chi connectivity index (χ3v) is 7.53. The topological polar surface area (TPSA) is 242 Å². The number of oxime groups is 1. The number of carboxylic acid groups (broad SMARTS) is 1. The summed E-state index contributed by atoms with van der Waals surface area (Å²) in [5.74, 6) is -5.63. The van der Waals surface area contributed by atoms with E-state index in [-0.39, 0.29) is 22.3 Å². The van der Waals surface area contributed by atoms with Crippen LogP contribution in [0.25, 0.3) is 0 Å². The van der Waals surface area contributed by atoms with Gasteiger partial charge in [0.05, 0.1) is 0 Å². The summed E-state index contributed by atoms with van der Waals surface area (Å²) in [5, 5.41) is 17.5. The standard InChI is InChI=1S/C27H34N6O12S2/c1-12(34)8-14(35)42-9-13-11-46-22-17(21(38)33(22)18(13)23(39)40)28-20(37)16(31-43-10-15(36)44-26(2,3)4)19-29-24(47-32-19)30-25(41)45-27(5,6)7/h17,22H,8-11H2,1-7H3,(H,28,37)(H,39,40)(H,29,30,32,41)/b31-16-/t17-,22+/m1/s1. The lowest BCUT2D eigenvalue weighted by molar-refractivity contribution is -0.160. The Labute approximate surface area is 276 Å². The van der Waals surface area contributed by atoms with Crippen molar-refractivity contribution in [1.29, 1.82) is 0 Å². The van der Waals surface area contributed by atoms with Gasteiger partial charge in [0, 0.05) is 22.9 Å². The number of aliphatic carboxylic acids is 1. The molecular weight excluding hydrogens is 664 g/mol. The summed E-state index contributed by atoms with van der Waals surface area (Å²) in [4.78, 5) is 95.9. The highest BCUT2D eigenvalue weighted by Gasteiger charge is 2.54. The number of carboxylic acids is 1. The van der Waals surface area contributed by atoms with Gasteiger partial charge in [-0.2, -0.15) is 9.36 Å². The van der Waals surface area contributed by atoms with E-state index in [1.54, 1.807) is 41.5 Å². The van der Waals surface area contributed by atoms with E-state index in [9.17, 15) is 38.7 Å². The van der Waals surface area contributed by atoms with E-state index in [2.05, 4.69) is 25.1 Å². The Kier molecular flexibility index (Phi) is 11.7. The van der Waals surface area contributed by atoms with E-state index in [0.717, 1.165) is 16.7 Å². The third-order valence-electron chi connectivity index (χ3n) is 5.56. The second-order valence-electron chi connectivity index (χ2n) is 12.0. The SMILES string of the molecule is CC(=O)CC(=O)OCC1=C(C(=O)O)N2C(=O)[C@@H](NC(=O)/C(=N\OCC(=O)OC(C)(C)C)c3nsc(NC(=O)OC(C)(C)C)n3)[C@@H]2SC1. The molecule has 0 unspecified atom stereocenters. The van der Waals surface area contributed by atoms with Crippen LogP contribution >= 0.6 is 23.3 Å². The maximum atomic E-state index is 13.4. The lowest BCUT2D eigenvalue weighted by Gasteiger charge is -2.49. The molecular formula is C27H34N6O12S2. The summed E-state index contributed by atoms with van der Waals surface area (Å²) >= 11 is 1.78. The van der Waals surface area contributed by atoms with Gasteiger partial charge >= 0.3 is 24.0 Å². The number of nitrogens with zero attached hydrogens (tertiary/aromatic N) is 4. The van der Waals surface area contributed by atoms with Gasteiger partial charge < -0.3 is 29.5 Å². The lowest BCUT2D eigenvalue weighted by atomic mass is 10.0. The lowest BCUT2D eigenvalue weighted by Crippen LogP contribution is -2.71. The minimum atomic E-state index is -1.46. The fraction of sp³-hybridized carbons (Fsp3) is 0.556. The molecule has 0 saturated carbocycles. The molecule has 2 aliphatic rings. The van der Waals surface area contributed by atoms with E-state index < -0.39 is 95.3 Å². The normalized spacial score (nSPS) is 18.0. The summed E-state index contributed by atoms with van der Waals surface area (Å²) in [7, 11) is 0. The van der Waals surface area contributed by atoms with Gasteiger partial charge in [-0.3, -0.25) is 29.4 Å². The zero-order valence-electron chi connectivity index (χ0n) is 26.5. The number of hydrogen-bond donors (Lipinski definition) is 3. The number of Topliss-reactive ketones (excluding diaryl/α,β-unsaturated/α-hetero) is 1. The molecule has 47 heavy (non-hydrogen) atoms. The molecule has 18 nitrogen and oxygen atoms in total. The first-order valence-corrected chi connectivity index (χ1v) is 15.7. The first kappa shape index (κ1) is 36.9. The first-order chi connectivity index (χ1) is 21.8. The number of rotatable bonds is 12. The maximum Gasteiger partial charge on any atom is 0.414 e. The van der Waals surface area contributed by atoms with Crippen molar-refractivity contribution < 1.29 is 57.7 Å². The zero-order valence-corrected chi connectivity index (χ0v) is 28.2. The molecule has 20 heteroatoms. The highest BCUT2D eigenvalue weighted by Crippen LogP contribution is 2.40. The number of ether oxygens (including phenoxy) is 3. The van der Waals surface area contributed by atoms with Gasteiger partial charge in [0.2, 0.25) is 23.3 Å². The van der Waals surface area contributed by atoms with Crippen LogP contribution < -0.4 is 10.6 Å². The van der Waals surface area contributed by atoms with Crippen molar-refractivity contribution in [2.24, 2.45) is 5.16 Å². The van der Waals surface area contributed by atoms with Crippen LogP contribution in [0.1, 0.15) is 60.7 Å². The number of esters is 2. The smallest absolute Gasteiger partial charge is 0.414 e. The van der Waals surface area contributed by atoms with Crippen LogP contribution in [-0.2, 0) is 47.8 Å². The molecule has 0 aromatic carbocycles. The fourth-order valence-corrected chi connectivity index (χ4v) is 5.78. The van der Waals surface area contributed by atoms with Crippen LogP contribution in [0.15, 0.2) is 16.4 Å². The molecule has 256 valence electrons. The third kappa shape index (κ3) is 10.5. The van der Waals surface area contributed by atoms with Crippen molar-refractivity contribution in [2.75, 3.05) is 24.3 Å². The summed E-state index contributed by atoms with van der Waals surface area (Å²) in [6.45, 7) is 9.95. The minimum Gasteiger partial charge on any atom is -0.477 e. The zero-order chi connectivity index (χ0) is 35.3. The molecule has 0 spiro atoms. The largest absolute Gasteiger partial charge is 0.477 e. The quantitative estimate of drug-likeness (QED) is 0.0694. The monoisotopic (exact) mass is 698 g/mol. The number of aromatic nitrogens is 2. The van der Waals surface area contributed by atoms with Gasteiger partial charge in [0.15, 0.2) is 0 Å². The van der Waals surface area contributed by atoms with Gasteiger partial charge in [-0.05, 0) is 48.5 Å². The van der Waals surface area contributed by atoms with E-state index in [1.165, 1.54) is 6.92 Å². The van der Waals surface area contributed by atoms with E-state index in [1.807, 2.05) is 0 Å². The summed E-state index contributed by atoms with van der Waals surface area (Å²) < 4.78 is 19.4. The Bertz CT molecular complexity index is 1520. The number of thioether (sulfide) groups is 1. The van der Waals surface area contributed by atoms with E-state index >= 15 is 0 Å². The van der Waals surface area contributed by atoms with Gasteiger partial charge in [-0.15, -0.1) is 11.8 Å². The van der Waals surface area contributed by atoms with Gasteiger partial charge in [0.1, 0.15) is 47.1 Å². The van der Waals surface area contributed by atoms with Crippen LogP contribution in [0.3, 0.4) is 0 Å². The average molecular weight is 699 g/mol. The molecule has 3 amide bonds. The Morgan fingerprint density at radius 3 is 2.30 bits per heavy atom. The molecule has 0 bridgehead atoms. The van der Waals surface area contributed by atoms with Gasteiger partial charge in [-0.25, -0.2) is 14.4 Å². The van der Waals surface area contributed by atoms with Crippen LogP contribution in [-0.4, -0.2) is 108 Å². The molecule has 2 atom stereocenters. The Balaban J connectivity index is 1.79. The highest BCUT2D eigenvalue weighted by molar-refractivity contribution is 8.00. The molecule has 1 aromatic rings. The number of ketones is 1. The average Bonchev–Trinajstić information content (AvgIpc) is 3.37. The Morgan fingerprint density at radius 1 is 1.04 bits per heavy atom. The van der Waals surface area contributed by atoms with Gasteiger partial charge in [0.25, 0.3) is 11.8 Å². The number of carbonyl (C=O) groups is 7. The summed E-state index contributed by atoms with van der Waals surface area (Å²) in [5.41, 5.74) is -2.48. The molecule has 1 fully saturated rings. The number of β-lactam (4-membered cyclic amide) rings is 1. The molecule has 0 aliphatic carbocycles. The van der Waals surface area contributed by atoms with Crippen molar-refractivity contribution >= 4 is 75.7 Å². The van der Waals surface area contributed by atoms with Crippen molar-refractivity contribution in [3.63, 3.8) is 0 Å². The van der Waals surface area contributed by atoms with Crippen molar-refractivity contribution in [3.8, 4) is 0 Å². The molecule has 3 N–H and O–H groups in total. The molecule has 0 radical (unpaired) electrons. The van der Waals surface area contributed by atoms with Crippen LogP contribution in [0, 0.1) is 0 Å². The van der Waals surface area contributed by atoms with Gasteiger partial charge in [-0.1, -0.05) is 5.16 Å². The predicted molar refractivity (Wildman–Crippen MR) is 164 cm³/mol. The maximum absolute atomic E-state index is 13.4. The van der Waals surface area contributed by atoms with Crippen molar-refractivity contribution in [1.82, 2.24) is 19.6 Å². The summed E-state index contributed by atoms with van der Waals surface area (Å²) in [6.07, 6.45) is -1.32. The van der Waals surface area contributed by atoms with Crippen LogP contribution in [0.5, 0.6) is 0 Å². The second-order valence-corrected chi connectivity index (χ2v) is 13.9. The number of fused-ring (bicyclic) bond motifs is 1. The Morgan fingerprint density at radius 2 is 1.70 bits per heavy atom. The number of amides is 3. The number of hydrogen-bond acceptors (Lipinski definition) is 16. The predicted octanol–water partition coefficient (Wildman–Crippen LogP) is 1.21. The number of carbonyl (C=O) groups excluding carboxylic acids is 6.